The molecule has 0 unspecified atom stereocenters. The molecule has 0 atom stereocenters. The van der Waals surface area contributed by atoms with Gasteiger partial charge in [-0.15, -0.1) is 11.3 Å². The van der Waals surface area contributed by atoms with E-state index in [0.717, 1.165) is 41.2 Å². The molecule has 0 N–H and O–H groups in total. The number of rotatable bonds is 2. The maximum atomic E-state index is 12.6. The van der Waals surface area contributed by atoms with Crippen LogP contribution in [0.3, 0.4) is 0 Å². The summed E-state index contributed by atoms with van der Waals surface area (Å²) in [4.78, 5) is 19.1. The van der Waals surface area contributed by atoms with Crippen molar-refractivity contribution in [2.45, 2.75) is 25.0 Å². The average molecular weight is 376 g/mol. The molecular formula is C22H20N2O2S. The van der Waals surface area contributed by atoms with Gasteiger partial charge in [0, 0.05) is 19.2 Å². The molecule has 1 aromatic heterocycles. The fourth-order valence-electron chi connectivity index (χ4n) is 4.10. The Labute approximate surface area is 162 Å². The topological polar surface area (TPSA) is 42.4 Å². The number of amides is 1. The fourth-order valence-corrected chi connectivity index (χ4v) is 4.97. The number of hydrogen-bond donors (Lipinski definition) is 0. The molecule has 5 rings (SSSR count). The quantitative estimate of drug-likeness (QED) is 0.624. The summed E-state index contributed by atoms with van der Waals surface area (Å²) in [6.45, 7) is 2.12. The summed E-state index contributed by atoms with van der Waals surface area (Å²) in [5, 5.41) is 0.867. The Balaban J connectivity index is 1.26. The molecule has 3 aromatic rings. The van der Waals surface area contributed by atoms with Gasteiger partial charge in [0.25, 0.3) is 0 Å². The zero-order chi connectivity index (χ0) is 18.3. The second-order valence-electron chi connectivity index (χ2n) is 7.12. The highest BCUT2D eigenvalue weighted by Crippen LogP contribution is 2.43. The smallest absolute Gasteiger partial charge is 0.246 e. The highest BCUT2D eigenvalue weighted by atomic mass is 32.1. The van der Waals surface area contributed by atoms with Crippen LogP contribution in [0.2, 0.25) is 0 Å². The Kier molecular flexibility index (Phi) is 4.06. The molecular weight excluding hydrogens is 356 g/mol. The SMILES string of the molecule is O=C(C=Cc1nc2ccccc2s1)N1CCC2(CC1)OCc1ccccc12. The Morgan fingerprint density at radius 3 is 2.74 bits per heavy atom. The summed E-state index contributed by atoms with van der Waals surface area (Å²) < 4.78 is 7.32. The van der Waals surface area contributed by atoms with Crippen LogP contribution in [0.5, 0.6) is 0 Å². The lowest BCUT2D eigenvalue weighted by Gasteiger charge is -2.39. The van der Waals surface area contributed by atoms with Gasteiger partial charge in [-0.1, -0.05) is 36.4 Å². The van der Waals surface area contributed by atoms with E-state index in [0.29, 0.717) is 6.61 Å². The third kappa shape index (κ3) is 2.97. The molecule has 1 amide bonds. The Hall–Kier alpha value is -2.50. The number of benzene rings is 2. The molecule has 27 heavy (non-hydrogen) atoms. The van der Waals surface area contributed by atoms with Crippen molar-refractivity contribution in [2.24, 2.45) is 0 Å². The maximum absolute atomic E-state index is 12.6. The van der Waals surface area contributed by atoms with Gasteiger partial charge in [0.2, 0.25) is 5.91 Å². The van der Waals surface area contributed by atoms with Crippen LogP contribution in [0.15, 0.2) is 54.6 Å². The van der Waals surface area contributed by atoms with Crippen LogP contribution in [0.25, 0.3) is 16.3 Å². The number of piperidine rings is 1. The van der Waals surface area contributed by atoms with Gasteiger partial charge in [-0.2, -0.15) is 0 Å². The lowest BCUT2D eigenvalue weighted by atomic mass is 9.84. The maximum Gasteiger partial charge on any atom is 0.246 e. The normalized spacial score (nSPS) is 18.4. The first-order chi connectivity index (χ1) is 13.2. The Morgan fingerprint density at radius 2 is 1.89 bits per heavy atom. The molecule has 3 heterocycles. The molecule has 1 spiro atoms. The highest BCUT2D eigenvalue weighted by molar-refractivity contribution is 7.19. The van der Waals surface area contributed by atoms with Crippen molar-refractivity contribution >= 4 is 33.5 Å². The standard InChI is InChI=1S/C22H20N2O2S/c25-21(10-9-20-23-18-7-3-4-8-19(18)27-20)24-13-11-22(12-14-24)17-6-2-1-5-16(17)15-26-22/h1-10H,11-15H2. The number of para-hydroxylation sites is 1. The molecule has 2 aromatic carbocycles. The minimum atomic E-state index is -0.204. The van der Waals surface area contributed by atoms with E-state index in [1.807, 2.05) is 29.2 Å². The summed E-state index contributed by atoms with van der Waals surface area (Å²) >= 11 is 1.60. The van der Waals surface area contributed by atoms with Crippen LogP contribution in [-0.4, -0.2) is 28.9 Å². The molecule has 0 radical (unpaired) electrons. The van der Waals surface area contributed by atoms with E-state index in [1.54, 1.807) is 17.4 Å². The number of nitrogens with zero attached hydrogens (tertiary/aromatic N) is 2. The molecule has 2 aliphatic heterocycles. The average Bonchev–Trinajstić information content (AvgIpc) is 3.29. The van der Waals surface area contributed by atoms with Gasteiger partial charge in [0.15, 0.2) is 0 Å². The number of carbonyl (C=O) groups excluding carboxylic acids is 1. The molecule has 1 saturated heterocycles. The molecule has 0 aliphatic carbocycles. The Morgan fingerprint density at radius 1 is 1.11 bits per heavy atom. The summed E-state index contributed by atoms with van der Waals surface area (Å²) in [7, 11) is 0. The van der Waals surface area contributed by atoms with Crippen molar-refractivity contribution in [3.63, 3.8) is 0 Å². The molecule has 4 nitrogen and oxygen atoms in total. The molecule has 0 saturated carbocycles. The van der Waals surface area contributed by atoms with E-state index in [4.69, 9.17) is 4.74 Å². The fraction of sp³-hybridized carbons (Fsp3) is 0.273. The predicted octanol–water partition coefficient (Wildman–Crippen LogP) is 4.36. The van der Waals surface area contributed by atoms with Crippen LogP contribution in [0.1, 0.15) is 29.0 Å². The first kappa shape index (κ1) is 16.7. The lowest BCUT2D eigenvalue weighted by Crippen LogP contribution is -2.44. The van der Waals surface area contributed by atoms with Gasteiger partial charge in [-0.25, -0.2) is 4.98 Å². The molecule has 1 fully saturated rings. The van der Waals surface area contributed by atoms with E-state index in [-0.39, 0.29) is 11.5 Å². The number of ether oxygens (including phenoxy) is 1. The van der Waals surface area contributed by atoms with Crippen molar-refractivity contribution in [1.29, 1.82) is 0 Å². The van der Waals surface area contributed by atoms with Gasteiger partial charge < -0.3 is 9.64 Å². The second kappa shape index (κ2) is 6.59. The third-order valence-electron chi connectivity index (χ3n) is 5.57. The third-order valence-corrected chi connectivity index (χ3v) is 6.58. The summed E-state index contributed by atoms with van der Waals surface area (Å²) in [6, 6.07) is 16.5. The molecule has 0 bridgehead atoms. The second-order valence-corrected chi connectivity index (χ2v) is 8.18. The lowest BCUT2D eigenvalue weighted by molar-refractivity contribution is -0.133. The van der Waals surface area contributed by atoms with Gasteiger partial charge in [0.05, 0.1) is 22.4 Å². The number of carbonyl (C=O) groups is 1. The number of aromatic nitrogens is 1. The van der Waals surface area contributed by atoms with E-state index < -0.39 is 0 Å². The van der Waals surface area contributed by atoms with Crippen molar-refractivity contribution in [3.05, 3.63) is 70.7 Å². The predicted molar refractivity (Wildman–Crippen MR) is 107 cm³/mol. The van der Waals surface area contributed by atoms with Crippen LogP contribution in [-0.2, 0) is 21.7 Å². The highest BCUT2D eigenvalue weighted by Gasteiger charge is 2.42. The number of fused-ring (bicyclic) bond motifs is 3. The summed E-state index contributed by atoms with van der Waals surface area (Å²) in [6.07, 6.45) is 5.19. The molecule has 136 valence electrons. The van der Waals surface area contributed by atoms with Crippen LogP contribution < -0.4 is 0 Å². The first-order valence-electron chi connectivity index (χ1n) is 9.28. The van der Waals surface area contributed by atoms with Gasteiger partial charge in [-0.05, 0) is 42.2 Å². The zero-order valence-corrected chi connectivity index (χ0v) is 15.7. The molecule has 2 aliphatic rings. The van der Waals surface area contributed by atoms with Gasteiger partial charge >= 0.3 is 0 Å². The van der Waals surface area contributed by atoms with E-state index in [2.05, 4.69) is 35.3 Å². The van der Waals surface area contributed by atoms with Crippen LogP contribution >= 0.6 is 11.3 Å². The first-order valence-corrected chi connectivity index (χ1v) is 10.1. The molecule has 5 heteroatoms. The zero-order valence-electron chi connectivity index (χ0n) is 14.9. The van der Waals surface area contributed by atoms with E-state index >= 15 is 0 Å². The minimum Gasteiger partial charge on any atom is -0.365 e. The largest absolute Gasteiger partial charge is 0.365 e. The van der Waals surface area contributed by atoms with Crippen molar-refractivity contribution in [1.82, 2.24) is 9.88 Å². The van der Waals surface area contributed by atoms with Crippen LogP contribution in [0, 0.1) is 0 Å². The van der Waals surface area contributed by atoms with Crippen molar-refractivity contribution in [2.75, 3.05) is 13.1 Å². The van der Waals surface area contributed by atoms with Gasteiger partial charge in [-0.3, -0.25) is 4.79 Å². The minimum absolute atomic E-state index is 0.0513. The van der Waals surface area contributed by atoms with Crippen molar-refractivity contribution in [3.8, 4) is 0 Å². The monoisotopic (exact) mass is 376 g/mol. The number of hydrogen-bond acceptors (Lipinski definition) is 4. The summed E-state index contributed by atoms with van der Waals surface area (Å²) in [5.74, 6) is 0.0513. The Bertz CT molecular complexity index is 998. The van der Waals surface area contributed by atoms with E-state index in [9.17, 15) is 4.79 Å². The van der Waals surface area contributed by atoms with Crippen molar-refractivity contribution < 1.29 is 9.53 Å². The number of likely N-dealkylation sites (tertiary alicyclic amines) is 1. The van der Waals surface area contributed by atoms with Gasteiger partial charge in [0.1, 0.15) is 5.01 Å². The van der Waals surface area contributed by atoms with Crippen LogP contribution in [0.4, 0.5) is 0 Å². The summed E-state index contributed by atoms with van der Waals surface area (Å²) in [5.41, 5.74) is 3.37. The number of thiazole rings is 1. The van der Waals surface area contributed by atoms with E-state index in [1.165, 1.54) is 11.1 Å².